The molecule has 0 radical (unpaired) electrons. The van der Waals surface area contributed by atoms with Crippen LogP contribution in [0, 0.1) is 5.41 Å². The Hall–Kier alpha value is -1.02. The molecule has 0 heterocycles. The summed E-state index contributed by atoms with van der Waals surface area (Å²) in [5.41, 5.74) is 8.90. The minimum Gasteiger partial charge on any atom is -0.384 e. The van der Waals surface area contributed by atoms with Crippen LogP contribution in [0.4, 0.5) is 5.69 Å². The second kappa shape index (κ2) is 5.75. The molecule has 1 fully saturated rings. The molecule has 3 N–H and O–H groups in total. The van der Waals surface area contributed by atoms with E-state index in [-0.39, 0.29) is 0 Å². The highest BCUT2D eigenvalue weighted by Crippen LogP contribution is 2.39. The summed E-state index contributed by atoms with van der Waals surface area (Å²) in [7, 11) is 0. The van der Waals surface area contributed by atoms with Gasteiger partial charge in [0, 0.05) is 12.2 Å². The van der Waals surface area contributed by atoms with Gasteiger partial charge >= 0.3 is 0 Å². The minimum atomic E-state index is 0.370. The van der Waals surface area contributed by atoms with E-state index in [0.29, 0.717) is 11.3 Å². The molecule has 18 heavy (non-hydrogen) atoms. The molecule has 1 unspecified atom stereocenters. The Bertz CT molecular complexity index is 360. The molecular weight excluding hydrogens is 220 g/mol. The van der Waals surface area contributed by atoms with Crippen LogP contribution in [0.2, 0.25) is 0 Å². The van der Waals surface area contributed by atoms with Gasteiger partial charge in [-0.1, -0.05) is 32.4 Å². The van der Waals surface area contributed by atoms with E-state index in [4.69, 9.17) is 5.73 Å². The third kappa shape index (κ3) is 2.86. The van der Waals surface area contributed by atoms with Crippen LogP contribution in [0.15, 0.2) is 24.3 Å². The van der Waals surface area contributed by atoms with Crippen molar-refractivity contribution in [3.63, 3.8) is 0 Å². The predicted octanol–water partition coefficient (Wildman–Crippen LogP) is 3.74. The fourth-order valence-corrected chi connectivity index (χ4v) is 2.58. The van der Waals surface area contributed by atoms with Crippen LogP contribution in [-0.2, 0) is 0 Å². The first kappa shape index (κ1) is 13.4. The van der Waals surface area contributed by atoms with E-state index in [1.54, 1.807) is 0 Å². The van der Waals surface area contributed by atoms with E-state index in [9.17, 15) is 0 Å². The normalized spacial score (nSPS) is 19.1. The number of nitrogens with one attached hydrogen (secondary N) is 1. The van der Waals surface area contributed by atoms with Gasteiger partial charge in [-0.15, -0.1) is 0 Å². The second-order valence-electron chi connectivity index (χ2n) is 5.84. The third-order valence-corrected chi connectivity index (χ3v) is 4.61. The summed E-state index contributed by atoms with van der Waals surface area (Å²) in [4.78, 5) is 0. The highest BCUT2D eigenvalue weighted by molar-refractivity contribution is 5.45. The minimum absolute atomic E-state index is 0.370. The molecule has 2 rings (SSSR count). The van der Waals surface area contributed by atoms with Gasteiger partial charge in [-0.05, 0) is 54.8 Å². The van der Waals surface area contributed by atoms with E-state index in [1.165, 1.54) is 36.9 Å². The summed E-state index contributed by atoms with van der Waals surface area (Å²) in [6.07, 6.45) is 5.10. The molecule has 1 aromatic carbocycles. The van der Waals surface area contributed by atoms with Crippen LogP contribution in [0.3, 0.4) is 0 Å². The van der Waals surface area contributed by atoms with Crippen LogP contribution in [-0.4, -0.2) is 13.1 Å². The molecule has 1 atom stereocenters. The van der Waals surface area contributed by atoms with Gasteiger partial charge in [0.05, 0.1) is 0 Å². The van der Waals surface area contributed by atoms with Crippen molar-refractivity contribution < 1.29 is 0 Å². The maximum absolute atomic E-state index is 5.87. The Morgan fingerprint density at radius 3 is 2.39 bits per heavy atom. The van der Waals surface area contributed by atoms with Crippen molar-refractivity contribution in [1.29, 1.82) is 0 Å². The third-order valence-electron chi connectivity index (χ3n) is 4.61. The molecule has 0 saturated heterocycles. The molecule has 1 aromatic rings. The average Bonchev–Trinajstić information content (AvgIpc) is 2.38. The molecule has 2 nitrogen and oxygen atoms in total. The molecule has 0 amide bonds. The van der Waals surface area contributed by atoms with Gasteiger partial charge in [0.15, 0.2) is 0 Å². The zero-order valence-electron chi connectivity index (χ0n) is 11.7. The number of nitrogens with two attached hydrogens (primary N) is 1. The fraction of sp³-hybridized carbons (Fsp3) is 0.625. The fourth-order valence-electron chi connectivity index (χ4n) is 2.58. The van der Waals surface area contributed by atoms with Crippen molar-refractivity contribution in [3.05, 3.63) is 29.8 Å². The number of benzene rings is 1. The van der Waals surface area contributed by atoms with Gasteiger partial charge in [0.2, 0.25) is 0 Å². The zero-order chi connectivity index (χ0) is 13.0. The van der Waals surface area contributed by atoms with Crippen molar-refractivity contribution in [3.8, 4) is 0 Å². The molecular formula is C16H26N2. The summed E-state index contributed by atoms with van der Waals surface area (Å²) in [5.74, 6) is 0.654. The summed E-state index contributed by atoms with van der Waals surface area (Å²) in [6, 6.07) is 8.88. The van der Waals surface area contributed by atoms with E-state index in [1.807, 2.05) is 0 Å². The second-order valence-corrected chi connectivity index (χ2v) is 5.84. The first-order valence-electron chi connectivity index (χ1n) is 7.23. The van der Waals surface area contributed by atoms with E-state index in [2.05, 4.69) is 43.4 Å². The smallest absolute Gasteiger partial charge is 0.0340 e. The van der Waals surface area contributed by atoms with Gasteiger partial charge < -0.3 is 11.1 Å². The van der Waals surface area contributed by atoms with Crippen molar-refractivity contribution in [2.45, 2.75) is 45.4 Å². The summed E-state index contributed by atoms with van der Waals surface area (Å²) in [6.45, 7) is 6.34. The van der Waals surface area contributed by atoms with Crippen molar-refractivity contribution in [1.82, 2.24) is 0 Å². The van der Waals surface area contributed by atoms with E-state index < -0.39 is 0 Å². The van der Waals surface area contributed by atoms with Crippen molar-refractivity contribution in [2.75, 3.05) is 18.4 Å². The molecule has 0 spiro atoms. The average molecular weight is 246 g/mol. The van der Waals surface area contributed by atoms with Crippen LogP contribution in [0.5, 0.6) is 0 Å². The maximum atomic E-state index is 5.87. The van der Waals surface area contributed by atoms with Gasteiger partial charge in [-0.2, -0.15) is 0 Å². The van der Waals surface area contributed by atoms with Gasteiger partial charge in [0.1, 0.15) is 0 Å². The lowest BCUT2D eigenvalue weighted by Gasteiger charge is -2.41. The van der Waals surface area contributed by atoms with Crippen molar-refractivity contribution in [2.24, 2.45) is 11.1 Å². The predicted molar refractivity (Wildman–Crippen MR) is 79.0 cm³/mol. The molecule has 1 saturated carbocycles. The number of rotatable bonds is 6. The largest absolute Gasteiger partial charge is 0.384 e. The Kier molecular flexibility index (Phi) is 4.28. The van der Waals surface area contributed by atoms with E-state index in [0.717, 1.165) is 13.1 Å². The first-order valence-corrected chi connectivity index (χ1v) is 7.23. The molecule has 0 bridgehead atoms. The SMILES string of the molecule is CCC(C)c1ccc(NCC2(CN)CCC2)cc1. The van der Waals surface area contributed by atoms with E-state index >= 15 is 0 Å². The highest BCUT2D eigenvalue weighted by Gasteiger charge is 2.35. The monoisotopic (exact) mass is 246 g/mol. The molecule has 2 heteroatoms. The lowest BCUT2D eigenvalue weighted by Crippen LogP contribution is -2.42. The lowest BCUT2D eigenvalue weighted by atomic mass is 9.69. The summed E-state index contributed by atoms with van der Waals surface area (Å²) >= 11 is 0. The Labute approximate surface area is 111 Å². The number of hydrogen-bond donors (Lipinski definition) is 2. The topological polar surface area (TPSA) is 38.0 Å². The molecule has 1 aliphatic carbocycles. The van der Waals surface area contributed by atoms with Crippen LogP contribution in [0.25, 0.3) is 0 Å². The Morgan fingerprint density at radius 1 is 1.28 bits per heavy atom. The van der Waals surface area contributed by atoms with Crippen LogP contribution >= 0.6 is 0 Å². The number of anilines is 1. The Morgan fingerprint density at radius 2 is 1.94 bits per heavy atom. The Balaban J connectivity index is 1.90. The quantitative estimate of drug-likeness (QED) is 0.802. The molecule has 0 aliphatic heterocycles. The van der Waals surface area contributed by atoms with Gasteiger partial charge in [-0.3, -0.25) is 0 Å². The zero-order valence-corrected chi connectivity index (χ0v) is 11.7. The highest BCUT2D eigenvalue weighted by atomic mass is 14.9. The van der Waals surface area contributed by atoms with Crippen LogP contribution in [0.1, 0.15) is 51.0 Å². The van der Waals surface area contributed by atoms with Gasteiger partial charge in [0.25, 0.3) is 0 Å². The van der Waals surface area contributed by atoms with Crippen molar-refractivity contribution >= 4 is 5.69 Å². The summed E-state index contributed by atoms with van der Waals surface area (Å²) in [5, 5.41) is 3.54. The summed E-state index contributed by atoms with van der Waals surface area (Å²) < 4.78 is 0. The molecule has 0 aromatic heterocycles. The molecule has 1 aliphatic rings. The number of hydrogen-bond acceptors (Lipinski definition) is 2. The maximum Gasteiger partial charge on any atom is 0.0340 e. The standard InChI is InChI=1S/C16H26N2/c1-3-13(2)14-5-7-15(8-6-14)18-12-16(11-17)9-4-10-16/h5-8,13,18H,3-4,9-12,17H2,1-2H3. The van der Waals surface area contributed by atoms with Crippen LogP contribution < -0.4 is 11.1 Å². The lowest BCUT2D eigenvalue weighted by molar-refractivity contribution is 0.163. The van der Waals surface area contributed by atoms with Gasteiger partial charge in [-0.25, -0.2) is 0 Å². The molecule has 100 valence electrons. The first-order chi connectivity index (χ1) is 8.69.